The molecule has 176 valence electrons. The maximum atomic E-state index is 13.1. The van der Waals surface area contributed by atoms with Gasteiger partial charge in [-0.05, 0) is 30.4 Å². The molecular weight excluding hydrogens is 500 g/mol. The maximum absolute atomic E-state index is 13.1. The number of amides is 1. The van der Waals surface area contributed by atoms with Gasteiger partial charge in [0.25, 0.3) is 11.6 Å². The highest BCUT2D eigenvalue weighted by atomic mass is 35.5. The standard InChI is InChI=1S/C22H19ClN4O5S2/c23-19-15-3-2-14(27(29)30)12-18(15)34-20(19)21(28)25-5-7-26(8-6-25)22(33)24-13-1-4-16-17(11-13)32-10-9-31-16/h1-4,11-12H,5-10H2,(H,24,33). The minimum Gasteiger partial charge on any atom is -0.486 e. The monoisotopic (exact) mass is 518 g/mol. The molecule has 2 aromatic carbocycles. The van der Waals surface area contributed by atoms with Crippen molar-refractivity contribution in [2.75, 3.05) is 44.7 Å². The van der Waals surface area contributed by atoms with Gasteiger partial charge in [0.05, 0.1) is 9.95 Å². The van der Waals surface area contributed by atoms with E-state index < -0.39 is 4.92 Å². The fourth-order valence-corrected chi connectivity index (χ4v) is 5.70. The molecule has 1 amide bonds. The smallest absolute Gasteiger partial charge is 0.270 e. The number of nitro groups is 1. The third-order valence-corrected chi connectivity index (χ3v) is 7.67. The number of carbonyl (C=O) groups is 1. The van der Waals surface area contributed by atoms with Crippen LogP contribution in [0.5, 0.6) is 11.5 Å². The number of fused-ring (bicyclic) bond motifs is 2. The third-order valence-electron chi connectivity index (χ3n) is 5.67. The van der Waals surface area contributed by atoms with Crippen molar-refractivity contribution in [3.8, 4) is 11.5 Å². The molecular formula is C22H19ClN4O5S2. The van der Waals surface area contributed by atoms with E-state index in [2.05, 4.69) is 5.32 Å². The number of carbonyl (C=O) groups excluding carboxylic acids is 1. The summed E-state index contributed by atoms with van der Waals surface area (Å²) in [5, 5.41) is 15.8. The van der Waals surface area contributed by atoms with Gasteiger partial charge in [0.15, 0.2) is 16.6 Å². The van der Waals surface area contributed by atoms with E-state index in [1.807, 2.05) is 23.1 Å². The van der Waals surface area contributed by atoms with E-state index in [9.17, 15) is 14.9 Å². The Morgan fingerprint density at radius 3 is 2.50 bits per heavy atom. The lowest BCUT2D eigenvalue weighted by molar-refractivity contribution is -0.384. The average molecular weight is 519 g/mol. The van der Waals surface area contributed by atoms with E-state index in [0.29, 0.717) is 76.0 Å². The van der Waals surface area contributed by atoms with Gasteiger partial charge < -0.3 is 24.6 Å². The Bertz CT molecular complexity index is 1310. The first-order valence-electron chi connectivity index (χ1n) is 10.5. The molecule has 2 aliphatic rings. The maximum Gasteiger partial charge on any atom is 0.270 e. The van der Waals surface area contributed by atoms with Gasteiger partial charge in [-0.25, -0.2) is 0 Å². The molecule has 9 nitrogen and oxygen atoms in total. The SMILES string of the molecule is O=C(c1sc2cc([N+](=O)[O-])ccc2c1Cl)N1CCN(C(=S)Nc2ccc3c(c2)OCCO3)CC1. The Hall–Kier alpha value is -3.15. The normalized spacial score (nSPS) is 15.3. The zero-order valence-corrected chi connectivity index (χ0v) is 20.2. The molecule has 0 spiro atoms. The summed E-state index contributed by atoms with van der Waals surface area (Å²) in [6.45, 7) is 3.14. The van der Waals surface area contributed by atoms with Crippen LogP contribution < -0.4 is 14.8 Å². The first-order valence-corrected chi connectivity index (χ1v) is 12.1. The van der Waals surface area contributed by atoms with Gasteiger partial charge in [-0.3, -0.25) is 14.9 Å². The number of piperazine rings is 1. The van der Waals surface area contributed by atoms with Gasteiger partial charge in [-0.15, -0.1) is 11.3 Å². The lowest BCUT2D eigenvalue weighted by Crippen LogP contribution is -2.51. The number of rotatable bonds is 3. The molecule has 0 bridgehead atoms. The predicted molar refractivity (Wildman–Crippen MR) is 135 cm³/mol. The first-order chi connectivity index (χ1) is 16.4. The summed E-state index contributed by atoms with van der Waals surface area (Å²) in [7, 11) is 0. The largest absolute Gasteiger partial charge is 0.486 e. The summed E-state index contributed by atoms with van der Waals surface area (Å²) in [4.78, 5) is 27.9. The number of hydrogen-bond acceptors (Lipinski definition) is 7. The zero-order chi connectivity index (χ0) is 23.8. The van der Waals surface area contributed by atoms with E-state index in [1.165, 1.54) is 23.5 Å². The molecule has 0 saturated carbocycles. The predicted octanol–water partition coefficient (Wildman–Crippen LogP) is 4.39. The first kappa shape index (κ1) is 22.6. The Labute approximate surface area is 208 Å². The second-order valence-electron chi connectivity index (χ2n) is 7.75. The quantitative estimate of drug-likeness (QED) is 0.310. The number of non-ortho nitro benzene ring substituents is 1. The number of nitrogens with one attached hydrogen (secondary N) is 1. The molecule has 0 unspecified atom stereocenters. The number of nitro benzene ring substituents is 1. The van der Waals surface area contributed by atoms with Crippen LogP contribution in [0.3, 0.4) is 0 Å². The van der Waals surface area contributed by atoms with Crippen LogP contribution in [0, 0.1) is 10.1 Å². The Kier molecular flexibility index (Phi) is 6.15. The highest BCUT2D eigenvalue weighted by Crippen LogP contribution is 2.38. The number of thiocarbonyl (C=S) groups is 1. The fraction of sp³-hybridized carbons (Fsp3) is 0.273. The summed E-state index contributed by atoms with van der Waals surface area (Å²) in [6.07, 6.45) is 0. The molecule has 3 aromatic rings. The molecule has 1 N–H and O–H groups in total. The Morgan fingerprint density at radius 2 is 1.76 bits per heavy atom. The number of anilines is 1. The van der Waals surface area contributed by atoms with Crippen LogP contribution in [0.2, 0.25) is 5.02 Å². The molecule has 1 saturated heterocycles. The van der Waals surface area contributed by atoms with Crippen LogP contribution in [-0.2, 0) is 0 Å². The third kappa shape index (κ3) is 4.33. The minimum absolute atomic E-state index is 0.0305. The number of halogens is 1. The zero-order valence-electron chi connectivity index (χ0n) is 17.8. The van der Waals surface area contributed by atoms with E-state index in [-0.39, 0.29) is 11.6 Å². The van der Waals surface area contributed by atoms with Crippen molar-refractivity contribution in [2.45, 2.75) is 0 Å². The molecule has 0 aliphatic carbocycles. The summed E-state index contributed by atoms with van der Waals surface area (Å²) in [6, 6.07) is 10.0. The van der Waals surface area contributed by atoms with Crippen molar-refractivity contribution >= 4 is 67.6 Å². The van der Waals surface area contributed by atoms with Crippen LogP contribution in [-0.4, -0.2) is 65.1 Å². The molecule has 1 fully saturated rings. The van der Waals surface area contributed by atoms with Crippen LogP contribution in [0.25, 0.3) is 10.1 Å². The summed E-state index contributed by atoms with van der Waals surface area (Å²) < 4.78 is 11.8. The van der Waals surface area contributed by atoms with Gasteiger partial charge in [-0.2, -0.15) is 0 Å². The minimum atomic E-state index is -0.463. The summed E-state index contributed by atoms with van der Waals surface area (Å²) in [5.41, 5.74) is 0.774. The van der Waals surface area contributed by atoms with Gasteiger partial charge in [0.1, 0.15) is 18.1 Å². The molecule has 0 atom stereocenters. The summed E-state index contributed by atoms with van der Waals surface area (Å²) in [5.74, 6) is 1.21. The van der Waals surface area contributed by atoms with Crippen molar-refractivity contribution in [1.29, 1.82) is 0 Å². The Balaban J connectivity index is 1.22. The summed E-state index contributed by atoms with van der Waals surface area (Å²) >= 11 is 13.2. The second kappa shape index (κ2) is 9.24. The highest BCUT2D eigenvalue weighted by molar-refractivity contribution is 7.80. The van der Waals surface area contributed by atoms with Crippen molar-refractivity contribution in [1.82, 2.24) is 9.80 Å². The van der Waals surface area contributed by atoms with Crippen molar-refractivity contribution in [3.63, 3.8) is 0 Å². The second-order valence-corrected chi connectivity index (χ2v) is 9.57. The van der Waals surface area contributed by atoms with Gasteiger partial charge in [-0.1, -0.05) is 11.6 Å². The van der Waals surface area contributed by atoms with Crippen molar-refractivity contribution < 1.29 is 19.2 Å². The van der Waals surface area contributed by atoms with Crippen LogP contribution >= 0.6 is 35.2 Å². The van der Waals surface area contributed by atoms with Gasteiger partial charge in [0, 0.05) is 60.2 Å². The average Bonchev–Trinajstić information content (AvgIpc) is 3.19. The molecule has 1 aromatic heterocycles. The lowest BCUT2D eigenvalue weighted by atomic mass is 10.2. The lowest BCUT2D eigenvalue weighted by Gasteiger charge is -2.36. The van der Waals surface area contributed by atoms with E-state index in [1.54, 1.807) is 11.0 Å². The van der Waals surface area contributed by atoms with Crippen molar-refractivity contribution in [2.24, 2.45) is 0 Å². The molecule has 5 rings (SSSR count). The number of benzene rings is 2. The van der Waals surface area contributed by atoms with E-state index in [0.717, 1.165) is 5.69 Å². The molecule has 34 heavy (non-hydrogen) atoms. The topological polar surface area (TPSA) is 97.2 Å². The molecule has 12 heteroatoms. The van der Waals surface area contributed by atoms with Gasteiger partial charge in [0.2, 0.25) is 0 Å². The number of nitrogens with zero attached hydrogens (tertiary/aromatic N) is 3. The van der Waals surface area contributed by atoms with Crippen LogP contribution in [0.15, 0.2) is 36.4 Å². The van der Waals surface area contributed by atoms with Crippen LogP contribution in [0.1, 0.15) is 9.67 Å². The fourth-order valence-electron chi connectivity index (χ4n) is 3.88. The van der Waals surface area contributed by atoms with Crippen molar-refractivity contribution in [3.05, 3.63) is 56.4 Å². The Morgan fingerprint density at radius 1 is 1.06 bits per heavy atom. The molecule has 3 heterocycles. The number of hydrogen-bond donors (Lipinski definition) is 1. The van der Waals surface area contributed by atoms with E-state index in [4.69, 9.17) is 33.3 Å². The van der Waals surface area contributed by atoms with Gasteiger partial charge >= 0.3 is 0 Å². The van der Waals surface area contributed by atoms with Crippen LogP contribution in [0.4, 0.5) is 11.4 Å². The highest BCUT2D eigenvalue weighted by Gasteiger charge is 2.27. The number of ether oxygens (including phenoxy) is 2. The number of thiophene rings is 1. The molecule has 0 radical (unpaired) electrons. The van der Waals surface area contributed by atoms with E-state index >= 15 is 0 Å². The molecule has 2 aliphatic heterocycles.